The maximum atomic E-state index is 5.94. The zero-order valence-electron chi connectivity index (χ0n) is 27.4. The second kappa shape index (κ2) is 15.1. The molecule has 6 aromatic heterocycles. The Labute approximate surface area is 288 Å². The molecule has 0 fully saturated rings. The molecule has 0 bridgehead atoms. The SMILES string of the molecule is CCC(C)(CC)N=Nc1nc(N)n(-c2nnc(Nc3nc(/N=N/C/N=N/c4nc(N)n(-c5nnc(Nc6nc(/N=N/C)n[nH]6)nn5)n4)n[nH]3)nn2)n1. The van der Waals surface area contributed by atoms with Gasteiger partial charge in [0.05, 0.1) is 5.54 Å². The lowest BCUT2D eigenvalue weighted by atomic mass is 9.97. The topological polar surface area (TPSA) is 423 Å². The van der Waals surface area contributed by atoms with Crippen LogP contribution in [0.2, 0.25) is 0 Å². The molecule has 0 aliphatic heterocycles. The number of nitrogens with one attached hydrogen (secondary N) is 4. The van der Waals surface area contributed by atoms with Gasteiger partial charge in [0.15, 0.2) is 6.67 Å². The smallest absolute Gasteiger partial charge is 0.292 e. The summed E-state index contributed by atoms with van der Waals surface area (Å²) in [5.74, 6) is 0.0758. The largest absolute Gasteiger partial charge is 0.368 e. The van der Waals surface area contributed by atoms with Crippen LogP contribution >= 0.6 is 0 Å². The molecular weight excluding hydrogens is 688 g/mol. The van der Waals surface area contributed by atoms with Crippen molar-refractivity contribution in [1.29, 1.82) is 0 Å². The average molecular weight is 715 g/mol. The molecule has 0 atom stereocenters. The van der Waals surface area contributed by atoms with E-state index in [0.717, 1.165) is 22.2 Å². The van der Waals surface area contributed by atoms with Crippen molar-refractivity contribution in [3.8, 4) is 11.9 Å². The Kier molecular flexibility index (Phi) is 9.83. The first-order chi connectivity index (χ1) is 25.2. The Morgan fingerprint density at radius 2 is 1.10 bits per heavy atom. The second-order valence-electron chi connectivity index (χ2n) is 9.96. The molecule has 0 spiro atoms. The summed E-state index contributed by atoms with van der Waals surface area (Å²) >= 11 is 0. The van der Waals surface area contributed by atoms with Crippen LogP contribution in [0.3, 0.4) is 0 Å². The molecule has 6 aromatic rings. The van der Waals surface area contributed by atoms with Gasteiger partial charge >= 0.3 is 0 Å². The molecule has 0 unspecified atom stereocenters. The van der Waals surface area contributed by atoms with Crippen LogP contribution in [-0.4, -0.2) is 120 Å². The molecule has 0 saturated heterocycles. The van der Waals surface area contributed by atoms with Crippen LogP contribution in [0.25, 0.3) is 11.9 Å². The average Bonchev–Trinajstić information content (AvgIpc) is 3.96. The number of aromatic nitrogens is 20. The number of hydrogen-bond acceptors (Lipinski definition) is 28. The highest BCUT2D eigenvalue weighted by molar-refractivity contribution is 5.43. The third-order valence-electron chi connectivity index (χ3n) is 6.51. The van der Waals surface area contributed by atoms with Crippen LogP contribution in [0.4, 0.5) is 59.5 Å². The number of aromatic amines is 2. The third-order valence-corrected chi connectivity index (χ3v) is 6.51. The molecule has 0 saturated carbocycles. The maximum Gasteiger partial charge on any atom is 0.292 e. The monoisotopic (exact) mass is 714 g/mol. The van der Waals surface area contributed by atoms with Gasteiger partial charge in [-0.25, -0.2) is 10.2 Å². The maximum absolute atomic E-state index is 5.94. The van der Waals surface area contributed by atoms with Crippen molar-refractivity contribution in [2.75, 3.05) is 35.8 Å². The molecule has 32 nitrogen and oxygen atoms in total. The summed E-state index contributed by atoms with van der Waals surface area (Å²) in [6, 6.07) is 0. The van der Waals surface area contributed by atoms with E-state index in [1.54, 1.807) is 0 Å². The van der Waals surface area contributed by atoms with Gasteiger partial charge in [0.2, 0.25) is 23.8 Å². The first-order valence-electron chi connectivity index (χ1n) is 14.7. The van der Waals surface area contributed by atoms with Crippen molar-refractivity contribution in [2.45, 2.75) is 39.2 Å². The van der Waals surface area contributed by atoms with Gasteiger partial charge in [0.25, 0.3) is 47.6 Å². The summed E-state index contributed by atoms with van der Waals surface area (Å²) in [6.07, 6.45) is 1.60. The third kappa shape index (κ3) is 8.18. The van der Waals surface area contributed by atoms with Gasteiger partial charge in [-0.15, -0.1) is 81.6 Å². The predicted octanol–water partition coefficient (Wildman–Crippen LogP) is 1.10. The summed E-state index contributed by atoms with van der Waals surface area (Å²) in [7, 11) is 1.48. The van der Waals surface area contributed by atoms with Crippen molar-refractivity contribution in [3.05, 3.63) is 0 Å². The zero-order chi connectivity index (χ0) is 36.5. The molecule has 0 aromatic carbocycles. The van der Waals surface area contributed by atoms with Crippen LogP contribution in [0.5, 0.6) is 0 Å². The molecule has 6 rings (SSSR count). The highest BCUT2D eigenvalue weighted by Crippen LogP contribution is 2.22. The van der Waals surface area contributed by atoms with Gasteiger partial charge in [-0.05, 0) is 19.8 Å². The van der Waals surface area contributed by atoms with Crippen LogP contribution < -0.4 is 22.1 Å². The summed E-state index contributed by atoms with van der Waals surface area (Å²) in [6.45, 7) is 5.80. The Morgan fingerprint density at radius 1 is 0.635 bits per heavy atom. The van der Waals surface area contributed by atoms with E-state index in [9.17, 15) is 0 Å². The molecule has 0 aliphatic carbocycles. The molecule has 6 heterocycles. The molecular formula is C20H26N32. The highest BCUT2D eigenvalue weighted by Gasteiger charge is 2.20. The number of anilines is 6. The highest BCUT2D eigenvalue weighted by atomic mass is 15.5. The number of hydrogen-bond donors (Lipinski definition) is 6. The molecule has 8 N–H and O–H groups in total. The number of nitrogen functional groups attached to an aromatic ring is 2. The normalized spacial score (nSPS) is 12.3. The first-order valence-corrected chi connectivity index (χ1v) is 14.7. The van der Waals surface area contributed by atoms with E-state index in [1.807, 2.05) is 20.8 Å². The predicted molar refractivity (Wildman–Crippen MR) is 171 cm³/mol. The standard InChI is InChI=1S/C20H26N32/c1-5-20(3,6-2)50-43-17-27-9(22)52(49-17)19-46-41-15(42-47-19)31-11-29-13(38-36-11)33-24-7-25-34-16-26-8(21)51(48-16)18-44-39-14(40-45-18)30-10-28-12(32-23-4)37-35-10/h5-7H2,1-4H3,(H2,21,26,48)(H2,22,27,49)(H2,28,30,35,37,39,40)(H2,29,31,36,38,41,42)/b32-23+,33-24+,34-25+,50-43?. The van der Waals surface area contributed by atoms with Gasteiger partial charge < -0.3 is 11.5 Å². The van der Waals surface area contributed by atoms with E-state index in [2.05, 4.69) is 143 Å². The van der Waals surface area contributed by atoms with E-state index in [1.165, 1.54) is 7.05 Å². The number of H-pyrrole nitrogens is 2. The number of nitrogens with two attached hydrogens (primary N) is 2. The first kappa shape index (κ1) is 33.9. The molecule has 266 valence electrons. The molecule has 0 radical (unpaired) electrons. The van der Waals surface area contributed by atoms with Gasteiger partial charge in [-0.1, -0.05) is 13.8 Å². The van der Waals surface area contributed by atoms with Gasteiger partial charge in [0, 0.05) is 7.05 Å². The minimum absolute atomic E-state index is 0.00475. The number of nitrogens with zero attached hydrogens (tertiary/aromatic N) is 26. The fourth-order valence-electron chi connectivity index (χ4n) is 3.51. The van der Waals surface area contributed by atoms with Gasteiger partial charge in [-0.2, -0.15) is 49.8 Å². The number of azo groups is 4. The fraction of sp³-hybridized carbons (Fsp3) is 0.400. The fourth-order valence-corrected chi connectivity index (χ4v) is 3.51. The summed E-state index contributed by atoms with van der Waals surface area (Å²) < 4.78 is 2.19. The van der Waals surface area contributed by atoms with Crippen LogP contribution in [-0.2, 0) is 0 Å². The van der Waals surface area contributed by atoms with E-state index >= 15 is 0 Å². The Hall–Kier alpha value is -7.96. The summed E-state index contributed by atoms with van der Waals surface area (Å²) in [5.41, 5.74) is 11.5. The van der Waals surface area contributed by atoms with Crippen molar-refractivity contribution in [2.24, 2.45) is 40.9 Å². The molecule has 52 heavy (non-hydrogen) atoms. The van der Waals surface area contributed by atoms with Crippen molar-refractivity contribution >= 4 is 59.5 Å². The minimum Gasteiger partial charge on any atom is -0.368 e. The quantitative estimate of drug-likeness (QED) is 0.0810. The molecule has 0 aliphatic rings. The second-order valence-corrected chi connectivity index (χ2v) is 9.96. The Bertz CT molecular complexity index is 2190. The van der Waals surface area contributed by atoms with E-state index in [0.29, 0.717) is 0 Å². The number of rotatable bonds is 15. The van der Waals surface area contributed by atoms with E-state index < -0.39 is 0 Å². The molecule has 0 amide bonds. The van der Waals surface area contributed by atoms with Crippen molar-refractivity contribution in [3.63, 3.8) is 0 Å². The van der Waals surface area contributed by atoms with Crippen LogP contribution in [0, 0.1) is 0 Å². The lowest BCUT2D eigenvalue weighted by Gasteiger charge is -2.18. The summed E-state index contributed by atoms with van der Waals surface area (Å²) in [4.78, 5) is 16.1. The van der Waals surface area contributed by atoms with Gasteiger partial charge in [-0.3, -0.25) is 10.6 Å². The lowest BCUT2D eigenvalue weighted by Crippen LogP contribution is -2.17. The lowest BCUT2D eigenvalue weighted by molar-refractivity contribution is 0.420. The van der Waals surface area contributed by atoms with Crippen LogP contribution in [0.15, 0.2) is 40.9 Å². The summed E-state index contributed by atoms with van der Waals surface area (Å²) in [5, 5.41) is 89.0. The molecule has 32 heteroatoms. The van der Waals surface area contributed by atoms with Crippen LogP contribution in [0.1, 0.15) is 33.6 Å². The Morgan fingerprint density at radius 3 is 1.58 bits per heavy atom. The minimum atomic E-state index is -0.336. The van der Waals surface area contributed by atoms with Crippen molar-refractivity contribution in [1.82, 2.24) is 101 Å². The Balaban J connectivity index is 0.990. The van der Waals surface area contributed by atoms with Crippen molar-refractivity contribution < 1.29 is 0 Å². The van der Waals surface area contributed by atoms with E-state index in [-0.39, 0.29) is 83.6 Å². The van der Waals surface area contributed by atoms with Gasteiger partial charge in [0.1, 0.15) is 0 Å². The zero-order valence-corrected chi connectivity index (χ0v) is 27.4. The van der Waals surface area contributed by atoms with E-state index in [4.69, 9.17) is 11.5 Å².